The topological polar surface area (TPSA) is 153 Å². The Labute approximate surface area is 299 Å². The molecule has 0 heterocycles. The maximum atomic E-state index is 13.5. The van der Waals surface area contributed by atoms with Crippen LogP contribution >= 0.6 is 22.4 Å². The molecule has 0 aliphatic heterocycles. The Morgan fingerprint density at radius 1 is 0.860 bits per heavy atom. The predicted molar refractivity (Wildman–Crippen MR) is 192 cm³/mol. The molecule has 0 atom stereocenters. The van der Waals surface area contributed by atoms with Crippen LogP contribution in [0.15, 0.2) is 94.9 Å². The summed E-state index contributed by atoms with van der Waals surface area (Å²) in [6.07, 6.45) is -1.43. The summed E-state index contributed by atoms with van der Waals surface area (Å²) in [5.41, 5.74) is 2.24. The van der Waals surface area contributed by atoms with Crippen LogP contribution in [-0.2, 0) is 26.9 Å². The van der Waals surface area contributed by atoms with Crippen molar-refractivity contribution in [2.24, 2.45) is 5.10 Å². The van der Waals surface area contributed by atoms with E-state index in [9.17, 15) is 23.1 Å². The molecule has 0 unspecified atom stereocenters. The van der Waals surface area contributed by atoms with Gasteiger partial charge in [-0.25, -0.2) is 18.2 Å². The molecule has 15 heteroatoms. The fourth-order valence-electron chi connectivity index (χ4n) is 4.32. The second-order valence-corrected chi connectivity index (χ2v) is 15.1. The lowest BCUT2D eigenvalue weighted by Crippen LogP contribution is -2.35. The SMILES string of the molecule is COc1ccc(COc2ccc(/C(=N/N(C)C(=O)O)C(=O)NCCSS(=O)(=O)c3ccc(C)cc3)c(Cl)c2OCc2ccc(OC)cc2)cc1. The fraction of sp³-hybridized carbons (Fsp3) is 0.229. The Kier molecular flexibility index (Phi) is 13.4. The van der Waals surface area contributed by atoms with Gasteiger partial charge in [0.15, 0.2) is 17.2 Å². The van der Waals surface area contributed by atoms with Gasteiger partial charge in [0.25, 0.3) is 5.91 Å². The number of hydrogen-bond donors (Lipinski definition) is 2. The van der Waals surface area contributed by atoms with E-state index in [1.54, 1.807) is 56.7 Å². The highest BCUT2D eigenvalue weighted by molar-refractivity contribution is 8.72. The molecule has 0 aliphatic carbocycles. The van der Waals surface area contributed by atoms with Crippen molar-refractivity contribution in [2.75, 3.05) is 33.6 Å². The monoisotopic (exact) mass is 741 g/mol. The van der Waals surface area contributed by atoms with E-state index in [4.69, 9.17) is 30.5 Å². The number of amides is 2. The second-order valence-electron chi connectivity index (χ2n) is 10.6. The number of rotatable bonds is 16. The zero-order valence-corrected chi connectivity index (χ0v) is 30.1. The van der Waals surface area contributed by atoms with E-state index in [1.165, 1.54) is 18.2 Å². The normalized spacial score (nSPS) is 11.4. The van der Waals surface area contributed by atoms with E-state index in [1.807, 2.05) is 31.2 Å². The molecular formula is C35H36ClN3O9S2. The third kappa shape index (κ3) is 10.3. The Hall–Kier alpha value is -4.92. The minimum atomic E-state index is -3.67. The number of ether oxygens (including phenoxy) is 4. The van der Waals surface area contributed by atoms with Crippen molar-refractivity contribution in [1.29, 1.82) is 0 Å². The van der Waals surface area contributed by atoms with Crippen LogP contribution in [0.1, 0.15) is 22.3 Å². The van der Waals surface area contributed by atoms with Crippen LogP contribution in [-0.4, -0.2) is 69.8 Å². The minimum absolute atomic E-state index is 0.00604. The van der Waals surface area contributed by atoms with E-state index in [2.05, 4.69) is 10.4 Å². The van der Waals surface area contributed by atoms with Gasteiger partial charge < -0.3 is 29.4 Å². The minimum Gasteiger partial charge on any atom is -0.497 e. The van der Waals surface area contributed by atoms with Crippen LogP contribution in [0.25, 0.3) is 0 Å². The van der Waals surface area contributed by atoms with Crippen molar-refractivity contribution < 1.29 is 42.1 Å². The molecule has 0 spiro atoms. The van der Waals surface area contributed by atoms with Gasteiger partial charge in [-0.05, 0) is 77.4 Å². The molecule has 264 valence electrons. The Morgan fingerprint density at radius 3 is 1.96 bits per heavy atom. The molecule has 0 bridgehead atoms. The van der Waals surface area contributed by atoms with Gasteiger partial charge >= 0.3 is 6.09 Å². The smallest absolute Gasteiger partial charge is 0.427 e. The van der Waals surface area contributed by atoms with Crippen molar-refractivity contribution in [3.05, 3.63) is 112 Å². The van der Waals surface area contributed by atoms with E-state index >= 15 is 0 Å². The van der Waals surface area contributed by atoms with Crippen molar-refractivity contribution in [3.63, 3.8) is 0 Å². The third-order valence-corrected chi connectivity index (χ3v) is 11.0. The van der Waals surface area contributed by atoms with Gasteiger partial charge in [0.1, 0.15) is 24.7 Å². The molecular weight excluding hydrogens is 706 g/mol. The molecule has 12 nitrogen and oxygen atoms in total. The summed E-state index contributed by atoms with van der Waals surface area (Å²) in [5.74, 6) is 0.914. The number of hydrazone groups is 1. The zero-order chi connectivity index (χ0) is 36.3. The number of methoxy groups -OCH3 is 2. The first kappa shape index (κ1) is 37.9. The maximum Gasteiger partial charge on any atom is 0.427 e. The highest BCUT2D eigenvalue weighted by Crippen LogP contribution is 2.39. The number of carbonyl (C=O) groups excluding carboxylic acids is 1. The lowest BCUT2D eigenvalue weighted by molar-refractivity contribution is -0.114. The molecule has 0 aromatic heterocycles. The van der Waals surface area contributed by atoms with Gasteiger partial charge in [-0.3, -0.25) is 4.79 Å². The molecule has 0 saturated carbocycles. The molecule has 0 radical (unpaired) electrons. The Balaban J connectivity index is 1.60. The standard InChI is InChI=1S/C35H36ClN3O9S2/c1-23-5-15-28(16-6-23)50(43,44)49-20-19-37-34(40)32(38-39(2)35(41)42)29-17-18-30(47-21-24-7-11-26(45-3)12-8-24)33(31(29)36)48-22-25-9-13-27(46-4)14-10-25/h5-18H,19-22H2,1-4H3,(H,37,40)(H,41,42)/b38-32-. The van der Waals surface area contributed by atoms with Gasteiger partial charge in [0.2, 0.25) is 8.87 Å². The molecule has 4 aromatic rings. The van der Waals surface area contributed by atoms with Crippen LogP contribution in [0.3, 0.4) is 0 Å². The van der Waals surface area contributed by atoms with Crippen molar-refractivity contribution in [2.45, 2.75) is 25.0 Å². The quantitative estimate of drug-likeness (QED) is 0.0573. The average molecular weight is 742 g/mol. The van der Waals surface area contributed by atoms with E-state index in [0.717, 1.165) is 23.7 Å². The number of nitrogens with zero attached hydrogens (tertiary/aromatic N) is 2. The number of carbonyl (C=O) groups is 2. The zero-order valence-electron chi connectivity index (χ0n) is 27.7. The van der Waals surface area contributed by atoms with Gasteiger partial charge in [-0.2, -0.15) is 5.10 Å². The molecule has 4 rings (SSSR count). The largest absolute Gasteiger partial charge is 0.497 e. The molecule has 0 fully saturated rings. The van der Waals surface area contributed by atoms with Gasteiger partial charge in [0, 0.05) is 24.9 Å². The molecule has 0 aliphatic rings. The third-order valence-electron chi connectivity index (χ3n) is 7.09. The summed E-state index contributed by atoms with van der Waals surface area (Å²) in [5, 5.41) is 16.7. The number of aryl methyl sites for hydroxylation is 1. The Morgan fingerprint density at radius 2 is 1.42 bits per heavy atom. The van der Waals surface area contributed by atoms with Crippen molar-refractivity contribution in [3.8, 4) is 23.0 Å². The maximum absolute atomic E-state index is 13.5. The summed E-state index contributed by atoms with van der Waals surface area (Å²) in [4.78, 5) is 25.4. The lowest BCUT2D eigenvalue weighted by atomic mass is 10.1. The first-order chi connectivity index (χ1) is 23.9. The summed E-state index contributed by atoms with van der Waals surface area (Å²) in [7, 11) is 1.28. The second kappa shape index (κ2) is 17.7. The van der Waals surface area contributed by atoms with E-state index in [0.29, 0.717) is 27.3 Å². The molecule has 0 saturated heterocycles. The first-order valence-corrected chi connectivity index (χ1v) is 18.4. The summed E-state index contributed by atoms with van der Waals surface area (Å²) >= 11 is 6.90. The number of hydrogen-bond acceptors (Lipinski definition) is 10. The van der Waals surface area contributed by atoms with Gasteiger partial charge in [0.05, 0.1) is 24.1 Å². The molecule has 50 heavy (non-hydrogen) atoms. The van der Waals surface area contributed by atoms with Crippen LogP contribution in [0.2, 0.25) is 5.02 Å². The first-order valence-electron chi connectivity index (χ1n) is 15.1. The summed E-state index contributed by atoms with van der Waals surface area (Å²) < 4.78 is 48.2. The van der Waals surface area contributed by atoms with Gasteiger partial charge in [-0.15, -0.1) is 0 Å². The van der Waals surface area contributed by atoms with E-state index < -0.39 is 20.9 Å². The van der Waals surface area contributed by atoms with Crippen molar-refractivity contribution in [1.82, 2.24) is 10.3 Å². The highest BCUT2D eigenvalue weighted by Gasteiger charge is 2.25. The lowest BCUT2D eigenvalue weighted by Gasteiger charge is -2.18. The predicted octanol–water partition coefficient (Wildman–Crippen LogP) is 6.38. The van der Waals surface area contributed by atoms with Crippen LogP contribution in [0.5, 0.6) is 23.0 Å². The molecule has 2 amide bonds. The summed E-state index contributed by atoms with van der Waals surface area (Å²) in [6, 6.07) is 23.9. The van der Waals surface area contributed by atoms with E-state index in [-0.39, 0.29) is 58.2 Å². The molecule has 2 N–H and O–H groups in total. The Bertz CT molecular complexity index is 1920. The fourth-order valence-corrected chi connectivity index (χ4v) is 7.28. The highest BCUT2D eigenvalue weighted by atomic mass is 35.5. The average Bonchev–Trinajstić information content (AvgIpc) is 3.11. The molecule has 4 aromatic carbocycles. The number of carboxylic acid groups (broad SMARTS) is 1. The number of nitrogens with one attached hydrogen (secondary N) is 1. The summed E-state index contributed by atoms with van der Waals surface area (Å²) in [6.45, 7) is 1.98. The van der Waals surface area contributed by atoms with Crippen LogP contribution < -0.4 is 24.3 Å². The number of halogens is 1. The van der Waals surface area contributed by atoms with Crippen LogP contribution in [0, 0.1) is 6.92 Å². The van der Waals surface area contributed by atoms with Gasteiger partial charge in [-0.1, -0.05) is 53.6 Å². The van der Waals surface area contributed by atoms with Crippen molar-refractivity contribution >= 4 is 49.0 Å². The van der Waals surface area contributed by atoms with Crippen LogP contribution in [0.4, 0.5) is 4.79 Å². The number of benzene rings is 4.